The van der Waals surface area contributed by atoms with Crippen molar-refractivity contribution in [3.05, 3.63) is 71.1 Å². The topological polar surface area (TPSA) is 87.1 Å². The van der Waals surface area contributed by atoms with Crippen LogP contribution in [0, 0.1) is 5.41 Å². The Hall–Kier alpha value is -2.51. The molecule has 0 amide bonds. The van der Waals surface area contributed by atoms with E-state index in [0.717, 1.165) is 12.2 Å². The highest BCUT2D eigenvalue weighted by Crippen LogP contribution is 2.52. The highest BCUT2D eigenvalue weighted by atomic mass is 32.2. The molecule has 154 valence electrons. The quantitative estimate of drug-likeness (QED) is 0.665. The molecule has 2 aliphatic carbocycles. The van der Waals surface area contributed by atoms with Crippen LogP contribution in [-0.2, 0) is 14.3 Å². The van der Waals surface area contributed by atoms with Gasteiger partial charge in [-0.3, -0.25) is 0 Å². The fourth-order valence-corrected chi connectivity index (χ4v) is 5.21. The predicted molar refractivity (Wildman–Crippen MR) is 113 cm³/mol. The molecular weight excluding hydrogens is 390 g/mol. The molecule has 2 aliphatic heterocycles. The van der Waals surface area contributed by atoms with Crippen LogP contribution in [0.15, 0.2) is 71.1 Å². The molecule has 0 bridgehead atoms. The van der Waals surface area contributed by atoms with Crippen LogP contribution in [0.1, 0.15) is 19.3 Å². The third-order valence-corrected chi connectivity index (χ3v) is 6.97. The molecule has 4 rings (SSSR count). The molecule has 0 aromatic rings. The first kappa shape index (κ1) is 21.2. The van der Waals surface area contributed by atoms with Crippen molar-refractivity contribution in [1.29, 1.82) is 0 Å². The van der Waals surface area contributed by atoms with Gasteiger partial charge in [0.2, 0.25) is 0 Å². The largest absolute Gasteiger partial charge is 0.478 e. The number of carboxylic acids is 2. The van der Waals surface area contributed by atoms with Gasteiger partial charge in [-0.1, -0.05) is 24.3 Å². The van der Waals surface area contributed by atoms with Gasteiger partial charge >= 0.3 is 11.9 Å². The fourth-order valence-electron chi connectivity index (χ4n) is 3.72. The van der Waals surface area contributed by atoms with Crippen LogP contribution < -0.4 is 0 Å². The van der Waals surface area contributed by atoms with E-state index in [1.807, 2.05) is 18.0 Å². The summed E-state index contributed by atoms with van der Waals surface area (Å²) in [7, 11) is 2.22. The average molecular weight is 416 g/mol. The molecule has 2 heterocycles. The maximum atomic E-state index is 9.55. The summed E-state index contributed by atoms with van der Waals surface area (Å²) in [6.07, 6.45) is 19.9. The van der Waals surface area contributed by atoms with Crippen LogP contribution >= 0.6 is 11.8 Å². The Morgan fingerprint density at radius 3 is 2.52 bits per heavy atom. The second-order valence-corrected chi connectivity index (χ2v) is 8.54. The number of rotatable bonds is 2. The molecule has 0 aromatic heterocycles. The number of piperidine rings is 1. The van der Waals surface area contributed by atoms with Crippen molar-refractivity contribution >= 4 is 23.7 Å². The van der Waals surface area contributed by atoms with Crippen molar-refractivity contribution in [2.45, 2.75) is 24.5 Å². The van der Waals surface area contributed by atoms with E-state index >= 15 is 0 Å². The van der Waals surface area contributed by atoms with Gasteiger partial charge in [-0.25, -0.2) is 9.59 Å². The normalized spacial score (nSPS) is 24.7. The number of thioether (sulfide) groups is 1. The SMILES string of the molecule is CN1CCC2(C=CC=C3OC=C4CC=CC=C4SC32)CC1.O=C(O)/C=C\C(=O)O. The Labute approximate surface area is 174 Å². The van der Waals surface area contributed by atoms with Crippen molar-refractivity contribution in [2.75, 3.05) is 20.1 Å². The van der Waals surface area contributed by atoms with Crippen LogP contribution in [0.4, 0.5) is 0 Å². The number of allylic oxidation sites excluding steroid dienone is 7. The lowest BCUT2D eigenvalue weighted by Gasteiger charge is -2.45. The molecular formula is C22H25NO5S. The molecule has 1 unspecified atom stereocenters. The molecule has 0 aromatic carbocycles. The van der Waals surface area contributed by atoms with Gasteiger partial charge in [0.05, 0.1) is 11.5 Å². The average Bonchev–Trinajstić information content (AvgIpc) is 2.90. The van der Waals surface area contributed by atoms with E-state index in [0.29, 0.717) is 17.4 Å². The number of carbonyl (C=O) groups is 2. The lowest BCUT2D eigenvalue weighted by atomic mass is 9.73. The minimum absolute atomic E-state index is 0.256. The van der Waals surface area contributed by atoms with Gasteiger partial charge in [0.1, 0.15) is 5.76 Å². The number of nitrogens with zero attached hydrogens (tertiary/aromatic N) is 1. The maximum Gasteiger partial charge on any atom is 0.328 e. The third-order valence-electron chi connectivity index (χ3n) is 5.38. The molecule has 29 heavy (non-hydrogen) atoms. The smallest absolute Gasteiger partial charge is 0.328 e. The van der Waals surface area contributed by atoms with Gasteiger partial charge in [-0.2, -0.15) is 0 Å². The molecule has 4 aliphatic rings. The number of hydrogen-bond donors (Lipinski definition) is 2. The van der Waals surface area contributed by atoms with Gasteiger partial charge < -0.3 is 19.8 Å². The third kappa shape index (κ3) is 5.31. The summed E-state index contributed by atoms with van der Waals surface area (Å²) in [6.45, 7) is 2.35. The first-order valence-corrected chi connectivity index (χ1v) is 10.4. The molecule has 1 fully saturated rings. The van der Waals surface area contributed by atoms with Crippen LogP contribution in [0.2, 0.25) is 0 Å². The Kier molecular flexibility index (Phi) is 6.82. The number of carboxylic acid groups (broad SMARTS) is 2. The summed E-state index contributed by atoms with van der Waals surface area (Å²) in [4.78, 5) is 22.9. The molecule has 1 saturated heterocycles. The van der Waals surface area contributed by atoms with E-state index in [2.05, 4.69) is 48.4 Å². The predicted octanol–water partition coefficient (Wildman–Crippen LogP) is 3.72. The number of likely N-dealkylation sites (tertiary alicyclic amines) is 1. The van der Waals surface area contributed by atoms with Gasteiger partial charge in [0.15, 0.2) is 0 Å². The van der Waals surface area contributed by atoms with Crippen LogP contribution in [-0.4, -0.2) is 52.4 Å². The zero-order valence-electron chi connectivity index (χ0n) is 16.3. The standard InChI is InChI=1S/C18H21NOS.C4H4O4/c1-19-11-9-18(10-12-19)8-4-6-15-17(18)21-16-7-3-2-5-14(16)13-20-15;5-3(6)1-2-4(7)8/h2-4,6-8,13,17H,5,9-12H2,1H3;1-2H,(H,5,6)(H,7,8)/b;2-1-. The van der Waals surface area contributed by atoms with Gasteiger partial charge in [-0.15, -0.1) is 11.8 Å². The lowest BCUT2D eigenvalue weighted by molar-refractivity contribution is -0.134. The van der Waals surface area contributed by atoms with Crippen LogP contribution in [0.5, 0.6) is 0 Å². The van der Waals surface area contributed by atoms with Gasteiger partial charge in [0.25, 0.3) is 0 Å². The van der Waals surface area contributed by atoms with E-state index in [1.54, 1.807) is 0 Å². The Balaban J connectivity index is 0.000000258. The molecule has 1 atom stereocenters. The molecule has 2 N–H and O–H groups in total. The number of hydrogen-bond acceptors (Lipinski definition) is 5. The monoisotopic (exact) mass is 415 g/mol. The van der Waals surface area contributed by atoms with E-state index in [9.17, 15) is 9.59 Å². The second kappa shape index (κ2) is 9.33. The minimum Gasteiger partial charge on any atom is -0.478 e. The van der Waals surface area contributed by atoms with Crippen LogP contribution in [0.25, 0.3) is 0 Å². The Morgan fingerprint density at radius 2 is 1.86 bits per heavy atom. The molecule has 1 spiro atoms. The summed E-state index contributed by atoms with van der Waals surface area (Å²) in [5.41, 5.74) is 1.58. The number of fused-ring (bicyclic) bond motifs is 3. The zero-order chi connectivity index (χ0) is 20.9. The summed E-state index contributed by atoms with van der Waals surface area (Å²) >= 11 is 2.01. The first-order chi connectivity index (χ1) is 13.9. The van der Waals surface area contributed by atoms with Crippen LogP contribution in [0.3, 0.4) is 0 Å². The Bertz CT molecular complexity index is 825. The first-order valence-electron chi connectivity index (χ1n) is 9.51. The Morgan fingerprint density at radius 1 is 1.17 bits per heavy atom. The zero-order valence-corrected chi connectivity index (χ0v) is 17.1. The van der Waals surface area contributed by atoms with E-state index < -0.39 is 11.9 Å². The number of aliphatic carboxylic acids is 2. The maximum absolute atomic E-state index is 9.55. The van der Waals surface area contributed by atoms with Crippen molar-refractivity contribution in [3.63, 3.8) is 0 Å². The van der Waals surface area contributed by atoms with Gasteiger partial charge in [0, 0.05) is 28.0 Å². The molecule has 0 saturated carbocycles. The number of ether oxygens (including phenoxy) is 1. The second-order valence-electron chi connectivity index (χ2n) is 7.40. The van der Waals surface area contributed by atoms with Crippen molar-refractivity contribution in [2.24, 2.45) is 5.41 Å². The highest BCUT2D eigenvalue weighted by Gasteiger charge is 2.44. The summed E-state index contributed by atoms with van der Waals surface area (Å²) < 4.78 is 6.07. The summed E-state index contributed by atoms with van der Waals surface area (Å²) in [5, 5.41) is 16.0. The van der Waals surface area contributed by atoms with Crippen molar-refractivity contribution in [3.8, 4) is 0 Å². The summed E-state index contributed by atoms with van der Waals surface area (Å²) in [5.74, 6) is -1.38. The lowest BCUT2D eigenvalue weighted by Crippen LogP contribution is -2.44. The van der Waals surface area contributed by atoms with E-state index in [-0.39, 0.29) is 5.41 Å². The van der Waals surface area contributed by atoms with Crippen molar-refractivity contribution in [1.82, 2.24) is 4.90 Å². The van der Waals surface area contributed by atoms with Crippen molar-refractivity contribution < 1.29 is 24.5 Å². The van der Waals surface area contributed by atoms with E-state index in [1.165, 1.54) is 36.4 Å². The fraction of sp³-hybridized carbons (Fsp3) is 0.364. The van der Waals surface area contributed by atoms with Gasteiger partial charge in [-0.05, 0) is 51.6 Å². The molecule has 7 heteroatoms. The molecule has 6 nitrogen and oxygen atoms in total. The molecule has 0 radical (unpaired) electrons. The highest BCUT2D eigenvalue weighted by molar-refractivity contribution is 8.04. The minimum atomic E-state index is -1.26. The van der Waals surface area contributed by atoms with E-state index in [4.69, 9.17) is 14.9 Å². The summed E-state index contributed by atoms with van der Waals surface area (Å²) in [6, 6.07) is 0.